The minimum absolute atomic E-state index is 0.395. The number of nitrogens with two attached hydrogens (primary N) is 1. The number of anilines is 3. The average Bonchev–Trinajstić information content (AvgIpc) is 2.42. The van der Waals surface area contributed by atoms with Gasteiger partial charge in [-0.2, -0.15) is 4.98 Å². The minimum atomic E-state index is 0.395. The lowest BCUT2D eigenvalue weighted by Gasteiger charge is -2.11. The van der Waals surface area contributed by atoms with Crippen LogP contribution in [-0.2, 0) is 0 Å². The van der Waals surface area contributed by atoms with Gasteiger partial charge in [-0.3, -0.25) is 5.43 Å². The summed E-state index contributed by atoms with van der Waals surface area (Å²) in [4.78, 5) is 8.33. The smallest absolute Gasteiger partial charge is 0.239 e. The highest BCUT2D eigenvalue weighted by Gasteiger charge is 2.04. The summed E-state index contributed by atoms with van der Waals surface area (Å²) in [6.45, 7) is 6.30. The quantitative estimate of drug-likeness (QED) is 0.580. The number of rotatable bonds is 4. The van der Waals surface area contributed by atoms with E-state index in [1.165, 1.54) is 5.56 Å². The molecule has 0 fully saturated rings. The van der Waals surface area contributed by atoms with E-state index in [2.05, 4.69) is 46.7 Å². The highest BCUT2D eigenvalue weighted by molar-refractivity contribution is 5.60. The molecule has 0 bridgehead atoms. The molecular weight excluding hydrogens is 238 g/mol. The molecule has 1 aromatic heterocycles. The average molecular weight is 257 g/mol. The van der Waals surface area contributed by atoms with Gasteiger partial charge >= 0.3 is 0 Å². The molecule has 2 rings (SSSR count). The maximum absolute atomic E-state index is 5.31. The molecule has 1 heterocycles. The molecule has 0 aliphatic heterocycles. The van der Waals surface area contributed by atoms with Crippen LogP contribution in [0, 0.1) is 6.92 Å². The van der Waals surface area contributed by atoms with E-state index >= 15 is 0 Å². The van der Waals surface area contributed by atoms with Crippen molar-refractivity contribution in [1.82, 2.24) is 9.97 Å². The molecule has 5 heteroatoms. The molecule has 19 heavy (non-hydrogen) atoms. The van der Waals surface area contributed by atoms with E-state index in [0.29, 0.717) is 11.9 Å². The van der Waals surface area contributed by atoms with Gasteiger partial charge < -0.3 is 5.32 Å². The summed E-state index contributed by atoms with van der Waals surface area (Å²) in [5, 5.41) is 3.27. The molecule has 0 saturated heterocycles. The van der Waals surface area contributed by atoms with Crippen molar-refractivity contribution in [3.05, 3.63) is 41.6 Å². The summed E-state index contributed by atoms with van der Waals surface area (Å²) in [5.74, 6) is 6.99. The molecule has 2 aromatic rings. The SMILES string of the molecule is Cc1cnc(NN)nc1Nc1ccc(C(C)C)cc1. The molecule has 0 saturated carbocycles. The summed E-state index contributed by atoms with van der Waals surface area (Å²) in [6.07, 6.45) is 1.73. The van der Waals surface area contributed by atoms with Crippen LogP contribution in [0.25, 0.3) is 0 Å². The first kappa shape index (κ1) is 13.3. The second kappa shape index (κ2) is 5.67. The van der Waals surface area contributed by atoms with Crippen LogP contribution in [0.1, 0.15) is 30.9 Å². The highest BCUT2D eigenvalue weighted by Crippen LogP contribution is 2.21. The number of hydrazine groups is 1. The first-order valence-electron chi connectivity index (χ1n) is 6.27. The Morgan fingerprint density at radius 1 is 1.16 bits per heavy atom. The first-order chi connectivity index (χ1) is 9.10. The fraction of sp³-hybridized carbons (Fsp3) is 0.286. The zero-order valence-corrected chi connectivity index (χ0v) is 11.4. The summed E-state index contributed by atoms with van der Waals surface area (Å²) in [5.41, 5.74) is 5.72. The second-order valence-corrected chi connectivity index (χ2v) is 4.77. The normalized spacial score (nSPS) is 10.6. The molecule has 4 N–H and O–H groups in total. The minimum Gasteiger partial charge on any atom is -0.340 e. The van der Waals surface area contributed by atoms with Gasteiger partial charge in [0.2, 0.25) is 5.95 Å². The Kier molecular flexibility index (Phi) is 3.97. The number of nitrogens with zero attached hydrogens (tertiary/aromatic N) is 2. The van der Waals surface area contributed by atoms with E-state index < -0.39 is 0 Å². The third kappa shape index (κ3) is 3.20. The zero-order chi connectivity index (χ0) is 13.8. The lowest BCUT2D eigenvalue weighted by Crippen LogP contribution is -2.11. The number of aromatic nitrogens is 2. The molecule has 0 spiro atoms. The predicted octanol–water partition coefficient (Wildman–Crippen LogP) is 2.94. The lowest BCUT2D eigenvalue weighted by molar-refractivity contribution is 0.867. The Bertz CT molecular complexity index is 548. The van der Waals surface area contributed by atoms with Crippen LogP contribution in [-0.4, -0.2) is 9.97 Å². The molecule has 5 nitrogen and oxygen atoms in total. The van der Waals surface area contributed by atoms with Crippen molar-refractivity contribution in [2.45, 2.75) is 26.7 Å². The largest absolute Gasteiger partial charge is 0.340 e. The van der Waals surface area contributed by atoms with Crippen molar-refractivity contribution in [2.24, 2.45) is 5.84 Å². The van der Waals surface area contributed by atoms with Gasteiger partial charge in [-0.15, -0.1) is 0 Å². The lowest BCUT2D eigenvalue weighted by atomic mass is 10.0. The Morgan fingerprint density at radius 2 is 1.84 bits per heavy atom. The maximum Gasteiger partial charge on any atom is 0.239 e. The summed E-state index contributed by atoms with van der Waals surface area (Å²) < 4.78 is 0. The molecule has 0 aliphatic carbocycles. The fourth-order valence-corrected chi connectivity index (χ4v) is 1.73. The Balaban J connectivity index is 2.20. The molecule has 1 aromatic carbocycles. The topological polar surface area (TPSA) is 75.9 Å². The van der Waals surface area contributed by atoms with Crippen molar-refractivity contribution < 1.29 is 0 Å². The zero-order valence-electron chi connectivity index (χ0n) is 11.4. The van der Waals surface area contributed by atoms with Gasteiger partial charge in [-0.05, 0) is 30.5 Å². The van der Waals surface area contributed by atoms with E-state index in [0.717, 1.165) is 17.1 Å². The van der Waals surface area contributed by atoms with Gasteiger partial charge in [0.05, 0.1) is 0 Å². The van der Waals surface area contributed by atoms with E-state index in [9.17, 15) is 0 Å². The van der Waals surface area contributed by atoms with E-state index in [1.54, 1.807) is 6.20 Å². The van der Waals surface area contributed by atoms with Crippen molar-refractivity contribution in [3.8, 4) is 0 Å². The van der Waals surface area contributed by atoms with Gasteiger partial charge in [0.1, 0.15) is 5.82 Å². The van der Waals surface area contributed by atoms with Gasteiger partial charge in [-0.1, -0.05) is 26.0 Å². The number of hydrogen-bond acceptors (Lipinski definition) is 5. The van der Waals surface area contributed by atoms with Crippen molar-refractivity contribution >= 4 is 17.5 Å². The number of nitrogens with one attached hydrogen (secondary N) is 2. The van der Waals surface area contributed by atoms with Crippen molar-refractivity contribution in [1.29, 1.82) is 0 Å². The molecule has 0 amide bonds. The number of benzene rings is 1. The fourth-order valence-electron chi connectivity index (χ4n) is 1.73. The van der Waals surface area contributed by atoms with Gasteiger partial charge in [0.25, 0.3) is 0 Å². The Labute approximate surface area is 113 Å². The molecule has 0 atom stereocenters. The van der Waals surface area contributed by atoms with Crippen molar-refractivity contribution in [2.75, 3.05) is 10.7 Å². The third-order valence-electron chi connectivity index (χ3n) is 2.94. The van der Waals surface area contributed by atoms with Gasteiger partial charge in [0, 0.05) is 17.4 Å². The van der Waals surface area contributed by atoms with Crippen LogP contribution in [0.5, 0.6) is 0 Å². The third-order valence-corrected chi connectivity index (χ3v) is 2.94. The standard InChI is InChI=1S/C14H19N5/c1-9(2)11-4-6-12(7-5-11)17-13-10(3)8-16-14(18-13)19-15/h4-9H,15H2,1-3H3,(H2,16,17,18,19). The van der Waals surface area contributed by atoms with Crippen LogP contribution < -0.4 is 16.6 Å². The number of nitrogen functional groups attached to an aromatic ring is 1. The first-order valence-corrected chi connectivity index (χ1v) is 6.27. The molecular formula is C14H19N5. The Hall–Kier alpha value is -2.14. The van der Waals surface area contributed by atoms with Crippen LogP contribution in [0.2, 0.25) is 0 Å². The van der Waals surface area contributed by atoms with Crippen LogP contribution in [0.15, 0.2) is 30.5 Å². The monoisotopic (exact) mass is 257 g/mol. The van der Waals surface area contributed by atoms with E-state index in [4.69, 9.17) is 5.84 Å². The van der Waals surface area contributed by atoms with Crippen LogP contribution in [0.3, 0.4) is 0 Å². The summed E-state index contributed by atoms with van der Waals surface area (Å²) in [6, 6.07) is 8.33. The van der Waals surface area contributed by atoms with E-state index in [-0.39, 0.29) is 0 Å². The van der Waals surface area contributed by atoms with Crippen molar-refractivity contribution in [3.63, 3.8) is 0 Å². The number of aryl methyl sites for hydroxylation is 1. The molecule has 100 valence electrons. The summed E-state index contributed by atoms with van der Waals surface area (Å²) >= 11 is 0. The summed E-state index contributed by atoms with van der Waals surface area (Å²) in [7, 11) is 0. The number of hydrogen-bond donors (Lipinski definition) is 3. The Morgan fingerprint density at radius 3 is 2.42 bits per heavy atom. The van der Waals surface area contributed by atoms with Gasteiger partial charge in [0.15, 0.2) is 0 Å². The highest BCUT2D eigenvalue weighted by atomic mass is 15.3. The van der Waals surface area contributed by atoms with Crippen LogP contribution >= 0.6 is 0 Å². The molecule has 0 radical (unpaired) electrons. The van der Waals surface area contributed by atoms with Gasteiger partial charge in [-0.25, -0.2) is 10.8 Å². The predicted molar refractivity (Wildman–Crippen MR) is 78.4 cm³/mol. The van der Waals surface area contributed by atoms with E-state index in [1.807, 2.05) is 19.1 Å². The van der Waals surface area contributed by atoms with Crippen LogP contribution in [0.4, 0.5) is 17.5 Å². The molecule has 0 aliphatic rings. The maximum atomic E-state index is 5.31. The second-order valence-electron chi connectivity index (χ2n) is 4.77. The molecule has 0 unspecified atom stereocenters.